The lowest BCUT2D eigenvalue weighted by atomic mass is 10.1. The highest BCUT2D eigenvalue weighted by atomic mass is 19.3. The zero-order valence-electron chi connectivity index (χ0n) is 8.86. The van der Waals surface area contributed by atoms with Crippen LogP contribution in [0.4, 0.5) is 8.78 Å². The molecule has 0 radical (unpaired) electrons. The lowest BCUT2D eigenvalue weighted by Crippen LogP contribution is -2.37. The molecule has 0 aliphatic heterocycles. The van der Waals surface area contributed by atoms with Gasteiger partial charge in [-0.05, 0) is 24.6 Å². The average molecular weight is 232 g/mol. The van der Waals surface area contributed by atoms with E-state index in [1.807, 2.05) is 0 Å². The maximum Gasteiger partial charge on any atom is 0.301 e. The fourth-order valence-corrected chi connectivity index (χ4v) is 1.25. The monoisotopic (exact) mass is 232 g/mol. The second kappa shape index (κ2) is 5.23. The molecule has 0 saturated heterocycles. The zero-order valence-corrected chi connectivity index (χ0v) is 8.86. The van der Waals surface area contributed by atoms with Gasteiger partial charge in [-0.3, -0.25) is 0 Å². The number of aliphatic hydroxyl groups excluding tert-OH is 1. The number of phenols is 1. The summed E-state index contributed by atoms with van der Waals surface area (Å²) in [4.78, 5) is 0. The van der Waals surface area contributed by atoms with E-state index in [0.717, 1.165) is 0 Å². The van der Waals surface area contributed by atoms with Crippen LogP contribution in [-0.2, 0) is 11.2 Å². The van der Waals surface area contributed by atoms with Crippen LogP contribution in [0.3, 0.4) is 0 Å². The Morgan fingerprint density at radius 1 is 1.31 bits per heavy atom. The van der Waals surface area contributed by atoms with E-state index in [4.69, 9.17) is 10.2 Å². The van der Waals surface area contributed by atoms with Crippen LogP contribution >= 0.6 is 0 Å². The van der Waals surface area contributed by atoms with Crippen molar-refractivity contribution in [2.24, 2.45) is 0 Å². The Balaban J connectivity index is 2.68. The van der Waals surface area contributed by atoms with Gasteiger partial charge in [0.15, 0.2) is 0 Å². The molecule has 0 aromatic heterocycles. The van der Waals surface area contributed by atoms with E-state index >= 15 is 0 Å². The van der Waals surface area contributed by atoms with Crippen LogP contribution in [0.15, 0.2) is 24.3 Å². The van der Waals surface area contributed by atoms with Crippen molar-refractivity contribution in [3.63, 3.8) is 0 Å². The van der Waals surface area contributed by atoms with Gasteiger partial charge in [0.05, 0.1) is 0 Å². The van der Waals surface area contributed by atoms with Gasteiger partial charge in [-0.2, -0.15) is 0 Å². The second-order valence-corrected chi connectivity index (χ2v) is 3.41. The van der Waals surface area contributed by atoms with E-state index in [2.05, 4.69) is 4.74 Å². The number of benzene rings is 1. The van der Waals surface area contributed by atoms with Crippen molar-refractivity contribution < 1.29 is 23.7 Å². The molecular weight excluding hydrogens is 218 g/mol. The third kappa shape index (κ3) is 3.43. The van der Waals surface area contributed by atoms with Crippen molar-refractivity contribution in [2.45, 2.75) is 25.6 Å². The number of halogens is 2. The first-order valence-corrected chi connectivity index (χ1v) is 4.91. The lowest BCUT2D eigenvalue weighted by Gasteiger charge is -2.22. The van der Waals surface area contributed by atoms with Crippen LogP contribution in [0.2, 0.25) is 0 Å². The normalized spacial score (nSPS) is 13.8. The van der Waals surface area contributed by atoms with Crippen molar-refractivity contribution in [3.05, 3.63) is 29.8 Å². The molecule has 0 heterocycles. The van der Waals surface area contributed by atoms with Crippen molar-refractivity contribution >= 4 is 0 Å². The SMILES string of the molecule is CCOC(O)C(F)(F)Cc1ccc(O)cc1. The Labute approximate surface area is 92.3 Å². The smallest absolute Gasteiger partial charge is 0.301 e. The van der Waals surface area contributed by atoms with Gasteiger partial charge in [0.2, 0.25) is 6.29 Å². The molecule has 0 fully saturated rings. The molecule has 1 rings (SSSR count). The molecule has 0 aliphatic carbocycles. The summed E-state index contributed by atoms with van der Waals surface area (Å²) in [6.07, 6.45) is -2.74. The number of rotatable bonds is 5. The minimum absolute atomic E-state index is 0.0115. The molecular formula is C11H14F2O3. The molecule has 5 heteroatoms. The van der Waals surface area contributed by atoms with Gasteiger partial charge in [-0.25, -0.2) is 8.78 Å². The second-order valence-electron chi connectivity index (χ2n) is 3.41. The van der Waals surface area contributed by atoms with E-state index in [1.54, 1.807) is 0 Å². The lowest BCUT2D eigenvalue weighted by molar-refractivity contribution is -0.231. The Kier molecular flexibility index (Phi) is 4.20. The molecule has 2 N–H and O–H groups in total. The van der Waals surface area contributed by atoms with Gasteiger partial charge in [0.25, 0.3) is 0 Å². The molecule has 90 valence electrons. The number of phenolic OH excluding ortho intramolecular Hbond substituents is 1. The molecule has 1 aromatic rings. The van der Waals surface area contributed by atoms with Crippen molar-refractivity contribution in [2.75, 3.05) is 6.61 Å². The minimum Gasteiger partial charge on any atom is -0.508 e. The summed E-state index contributed by atoms with van der Waals surface area (Å²) in [6, 6.07) is 5.39. The fourth-order valence-electron chi connectivity index (χ4n) is 1.25. The molecule has 3 nitrogen and oxygen atoms in total. The van der Waals surface area contributed by atoms with E-state index in [9.17, 15) is 8.78 Å². The predicted octanol–water partition coefficient (Wildman–Crippen LogP) is 1.92. The zero-order chi connectivity index (χ0) is 12.2. The Morgan fingerprint density at radius 2 is 1.88 bits per heavy atom. The highest BCUT2D eigenvalue weighted by Crippen LogP contribution is 2.25. The van der Waals surface area contributed by atoms with E-state index in [-0.39, 0.29) is 12.4 Å². The molecule has 0 bridgehead atoms. The molecule has 1 aromatic carbocycles. The van der Waals surface area contributed by atoms with Gasteiger partial charge in [-0.1, -0.05) is 12.1 Å². The highest BCUT2D eigenvalue weighted by molar-refractivity contribution is 5.26. The largest absolute Gasteiger partial charge is 0.508 e. The van der Waals surface area contributed by atoms with E-state index in [1.165, 1.54) is 31.2 Å². The number of aliphatic hydroxyl groups is 1. The first-order chi connectivity index (χ1) is 7.45. The number of alkyl halides is 2. The topological polar surface area (TPSA) is 49.7 Å². The number of hydrogen-bond acceptors (Lipinski definition) is 3. The fraction of sp³-hybridized carbons (Fsp3) is 0.455. The Morgan fingerprint density at radius 3 is 2.38 bits per heavy atom. The summed E-state index contributed by atoms with van der Waals surface area (Å²) >= 11 is 0. The maximum atomic E-state index is 13.4. The summed E-state index contributed by atoms with van der Waals surface area (Å²) in [6.45, 7) is 1.55. The standard InChI is InChI=1S/C11H14F2O3/c1-2-16-10(15)11(12,13)7-8-3-5-9(14)6-4-8/h3-6,10,14-15H,2,7H2,1H3. The molecule has 16 heavy (non-hydrogen) atoms. The van der Waals surface area contributed by atoms with E-state index in [0.29, 0.717) is 5.56 Å². The molecule has 1 atom stereocenters. The average Bonchev–Trinajstić information content (AvgIpc) is 2.21. The van der Waals surface area contributed by atoms with Gasteiger partial charge in [0.1, 0.15) is 5.75 Å². The molecule has 0 spiro atoms. The highest BCUT2D eigenvalue weighted by Gasteiger charge is 2.39. The minimum atomic E-state index is -3.34. The predicted molar refractivity (Wildman–Crippen MR) is 54.4 cm³/mol. The van der Waals surface area contributed by atoms with Crippen molar-refractivity contribution in [1.29, 1.82) is 0 Å². The summed E-state index contributed by atoms with van der Waals surface area (Å²) in [5.41, 5.74) is 0.321. The quantitative estimate of drug-likeness (QED) is 0.762. The Bertz CT molecular complexity index is 325. The van der Waals surface area contributed by atoms with Crippen molar-refractivity contribution in [1.82, 2.24) is 0 Å². The van der Waals surface area contributed by atoms with Gasteiger partial charge in [-0.15, -0.1) is 0 Å². The molecule has 0 saturated carbocycles. The van der Waals surface area contributed by atoms with E-state index < -0.39 is 18.6 Å². The number of hydrogen-bond donors (Lipinski definition) is 2. The Hall–Kier alpha value is -1.20. The summed E-state index contributed by atoms with van der Waals surface area (Å²) in [5, 5.41) is 18.1. The van der Waals surface area contributed by atoms with Gasteiger partial charge in [0, 0.05) is 13.0 Å². The van der Waals surface area contributed by atoms with Gasteiger partial charge >= 0.3 is 5.92 Å². The summed E-state index contributed by atoms with van der Waals surface area (Å²) < 4.78 is 31.2. The van der Waals surface area contributed by atoms with Crippen LogP contribution in [0, 0.1) is 0 Å². The van der Waals surface area contributed by atoms with Crippen LogP contribution < -0.4 is 0 Å². The number of ether oxygens (including phenoxy) is 1. The summed E-state index contributed by atoms with van der Waals surface area (Å²) in [5.74, 6) is -3.33. The molecule has 0 aliphatic rings. The maximum absolute atomic E-state index is 13.4. The molecule has 1 unspecified atom stereocenters. The number of aromatic hydroxyl groups is 1. The van der Waals surface area contributed by atoms with Gasteiger partial charge < -0.3 is 14.9 Å². The van der Waals surface area contributed by atoms with Crippen LogP contribution in [0.25, 0.3) is 0 Å². The summed E-state index contributed by atoms with van der Waals surface area (Å²) in [7, 11) is 0. The third-order valence-corrected chi connectivity index (χ3v) is 2.06. The van der Waals surface area contributed by atoms with Crippen LogP contribution in [-0.4, -0.2) is 29.0 Å². The molecule has 0 amide bonds. The first-order valence-electron chi connectivity index (χ1n) is 4.91. The van der Waals surface area contributed by atoms with Crippen molar-refractivity contribution in [3.8, 4) is 5.75 Å². The first kappa shape index (κ1) is 12.9. The van der Waals surface area contributed by atoms with Crippen LogP contribution in [0.1, 0.15) is 12.5 Å². The third-order valence-electron chi connectivity index (χ3n) is 2.06. The van der Waals surface area contributed by atoms with Crippen LogP contribution in [0.5, 0.6) is 5.75 Å².